The van der Waals surface area contributed by atoms with Crippen molar-refractivity contribution in [2.75, 3.05) is 18.1 Å². The van der Waals surface area contributed by atoms with Crippen molar-refractivity contribution in [2.45, 2.75) is 39.7 Å². The van der Waals surface area contributed by atoms with Crippen LogP contribution in [0.1, 0.15) is 33.6 Å². The van der Waals surface area contributed by atoms with Crippen LogP contribution in [0.5, 0.6) is 5.75 Å². The zero-order valence-corrected chi connectivity index (χ0v) is 12.6. The number of hydrogen-bond donors (Lipinski definition) is 0. The van der Waals surface area contributed by atoms with E-state index in [0.29, 0.717) is 24.9 Å². The molecule has 2 heterocycles. The minimum Gasteiger partial charge on any atom is -0.494 e. The summed E-state index contributed by atoms with van der Waals surface area (Å²) in [5, 5.41) is 0. The summed E-state index contributed by atoms with van der Waals surface area (Å²) in [6.45, 7) is 8.14. The summed E-state index contributed by atoms with van der Waals surface area (Å²) < 4.78 is 5.50. The fourth-order valence-corrected chi connectivity index (χ4v) is 3.77. The van der Waals surface area contributed by atoms with Crippen LogP contribution in [0, 0.1) is 11.3 Å². The van der Waals surface area contributed by atoms with Crippen molar-refractivity contribution in [3.63, 3.8) is 0 Å². The molecule has 20 heavy (non-hydrogen) atoms. The van der Waals surface area contributed by atoms with E-state index in [2.05, 4.69) is 30.9 Å². The van der Waals surface area contributed by atoms with Crippen molar-refractivity contribution in [1.29, 1.82) is 0 Å². The largest absolute Gasteiger partial charge is 0.494 e. The second-order valence-electron chi connectivity index (χ2n) is 6.66. The molecule has 3 aliphatic rings. The lowest BCUT2D eigenvalue weighted by Crippen LogP contribution is -2.60. The van der Waals surface area contributed by atoms with Crippen LogP contribution in [0.25, 0.3) is 0 Å². The van der Waals surface area contributed by atoms with E-state index in [9.17, 15) is 4.79 Å². The van der Waals surface area contributed by atoms with Crippen LogP contribution in [0.15, 0.2) is 24.3 Å². The molecule has 3 fully saturated rings. The Morgan fingerprint density at radius 1 is 1.30 bits per heavy atom. The summed E-state index contributed by atoms with van der Waals surface area (Å²) in [6.07, 6.45) is 1.73. The van der Waals surface area contributed by atoms with E-state index in [-0.39, 0.29) is 11.3 Å². The van der Waals surface area contributed by atoms with Crippen LogP contribution in [0.2, 0.25) is 0 Å². The average molecular weight is 273 g/mol. The summed E-state index contributed by atoms with van der Waals surface area (Å²) >= 11 is 0. The summed E-state index contributed by atoms with van der Waals surface area (Å²) in [4.78, 5) is 14.4. The molecule has 2 bridgehead atoms. The smallest absolute Gasteiger partial charge is 0.139 e. The van der Waals surface area contributed by atoms with Gasteiger partial charge < -0.3 is 9.64 Å². The lowest BCUT2D eigenvalue weighted by molar-refractivity contribution is -0.130. The average Bonchev–Trinajstić information content (AvgIpc) is 2.41. The summed E-state index contributed by atoms with van der Waals surface area (Å²) in [6, 6.07) is 8.61. The first kappa shape index (κ1) is 13.5. The molecule has 3 heteroatoms. The van der Waals surface area contributed by atoms with Gasteiger partial charge in [0.1, 0.15) is 11.5 Å². The molecule has 2 saturated heterocycles. The van der Waals surface area contributed by atoms with Gasteiger partial charge in [-0.3, -0.25) is 4.79 Å². The van der Waals surface area contributed by atoms with E-state index in [4.69, 9.17) is 4.74 Å². The lowest BCUT2D eigenvalue weighted by atomic mass is 9.64. The Balaban J connectivity index is 1.85. The first-order valence-corrected chi connectivity index (χ1v) is 7.53. The number of anilines is 1. The zero-order valence-electron chi connectivity index (χ0n) is 12.6. The number of rotatable bonds is 3. The van der Waals surface area contributed by atoms with Gasteiger partial charge >= 0.3 is 0 Å². The van der Waals surface area contributed by atoms with Crippen LogP contribution in [0.4, 0.5) is 5.69 Å². The second-order valence-corrected chi connectivity index (χ2v) is 6.66. The number of benzene rings is 1. The number of nitrogens with zero attached hydrogens (tertiary/aromatic N) is 1. The molecule has 4 rings (SSSR count). The highest BCUT2D eigenvalue weighted by Gasteiger charge is 2.49. The van der Waals surface area contributed by atoms with Crippen molar-refractivity contribution < 1.29 is 9.53 Å². The van der Waals surface area contributed by atoms with Crippen LogP contribution in [-0.2, 0) is 4.79 Å². The van der Waals surface area contributed by atoms with Crippen LogP contribution in [0.3, 0.4) is 0 Å². The van der Waals surface area contributed by atoms with Crippen LogP contribution in [-0.4, -0.2) is 25.0 Å². The third kappa shape index (κ3) is 2.19. The van der Waals surface area contributed by atoms with Gasteiger partial charge in [-0.2, -0.15) is 0 Å². The predicted molar refractivity (Wildman–Crippen MR) is 80.3 cm³/mol. The van der Waals surface area contributed by atoms with Crippen LogP contribution >= 0.6 is 0 Å². The van der Waals surface area contributed by atoms with Crippen molar-refractivity contribution in [1.82, 2.24) is 0 Å². The third-order valence-corrected chi connectivity index (χ3v) is 4.80. The SMILES string of the molecule is CCOc1ccc(N2CC3CC(C)(C)C2CC3=O)cc1. The summed E-state index contributed by atoms with van der Waals surface area (Å²) in [5.74, 6) is 1.58. The monoisotopic (exact) mass is 273 g/mol. The number of ketones is 1. The Labute approximate surface area is 120 Å². The van der Waals surface area contributed by atoms with E-state index >= 15 is 0 Å². The van der Waals surface area contributed by atoms with E-state index in [0.717, 1.165) is 18.7 Å². The molecule has 2 atom stereocenters. The van der Waals surface area contributed by atoms with Gasteiger partial charge in [-0.1, -0.05) is 13.8 Å². The predicted octanol–water partition coefficient (Wildman–Crippen LogP) is 3.28. The first-order valence-electron chi connectivity index (χ1n) is 7.53. The third-order valence-electron chi connectivity index (χ3n) is 4.80. The number of Topliss-reactive ketones (excluding diaryl/α,β-unsaturated/α-hetero) is 1. The lowest BCUT2D eigenvalue weighted by Gasteiger charge is -2.54. The van der Waals surface area contributed by atoms with E-state index < -0.39 is 0 Å². The maximum absolute atomic E-state index is 12.0. The Bertz CT molecular complexity index is 506. The minimum atomic E-state index is 0.210. The molecule has 108 valence electrons. The molecular formula is C17H23NO2. The normalized spacial score (nSPS) is 27.8. The number of hydrogen-bond acceptors (Lipinski definition) is 3. The van der Waals surface area contributed by atoms with E-state index in [1.807, 2.05) is 19.1 Å². The van der Waals surface area contributed by atoms with Gasteiger partial charge in [0.2, 0.25) is 0 Å². The standard InChI is InChI=1S/C17H23NO2/c1-4-20-14-7-5-13(6-8-14)18-11-12-10-17(2,3)16(18)9-15(12)19/h5-8,12,16H,4,9-11H2,1-3H3. The van der Waals surface area contributed by atoms with Gasteiger partial charge in [0.05, 0.1) is 6.61 Å². The van der Waals surface area contributed by atoms with Crippen LogP contribution < -0.4 is 9.64 Å². The molecule has 1 aromatic rings. The fraction of sp³-hybridized carbons (Fsp3) is 0.588. The first-order chi connectivity index (χ1) is 9.51. The van der Waals surface area contributed by atoms with Crippen molar-refractivity contribution in [3.8, 4) is 5.75 Å². The van der Waals surface area contributed by atoms with E-state index in [1.165, 1.54) is 5.69 Å². The molecule has 0 N–H and O–H groups in total. The van der Waals surface area contributed by atoms with Gasteiger partial charge in [-0.25, -0.2) is 0 Å². The molecular weight excluding hydrogens is 250 g/mol. The number of piperidine rings is 2. The Hall–Kier alpha value is -1.51. The van der Waals surface area contributed by atoms with Gasteiger partial charge in [0.15, 0.2) is 0 Å². The minimum absolute atomic E-state index is 0.210. The molecule has 0 spiro atoms. The molecule has 1 saturated carbocycles. The number of carbonyl (C=O) groups is 1. The Kier molecular flexibility index (Phi) is 3.23. The Morgan fingerprint density at radius 3 is 2.60 bits per heavy atom. The molecule has 2 aliphatic heterocycles. The molecule has 2 unspecified atom stereocenters. The number of fused-ring (bicyclic) bond motifs is 3. The highest BCUT2D eigenvalue weighted by molar-refractivity contribution is 5.86. The zero-order chi connectivity index (χ0) is 14.3. The van der Waals surface area contributed by atoms with Gasteiger partial charge in [-0.05, 0) is 43.0 Å². The highest BCUT2D eigenvalue weighted by atomic mass is 16.5. The van der Waals surface area contributed by atoms with Gasteiger partial charge in [-0.15, -0.1) is 0 Å². The molecule has 0 amide bonds. The maximum Gasteiger partial charge on any atom is 0.139 e. The number of ether oxygens (including phenoxy) is 1. The second kappa shape index (κ2) is 4.80. The number of carbonyl (C=O) groups excluding carboxylic acids is 1. The maximum atomic E-state index is 12.0. The summed E-state index contributed by atoms with van der Waals surface area (Å²) in [7, 11) is 0. The molecule has 3 nitrogen and oxygen atoms in total. The fourth-order valence-electron chi connectivity index (χ4n) is 3.77. The van der Waals surface area contributed by atoms with Gasteiger partial charge in [0, 0.05) is 30.6 Å². The van der Waals surface area contributed by atoms with Crippen molar-refractivity contribution in [2.24, 2.45) is 11.3 Å². The molecule has 0 radical (unpaired) electrons. The highest BCUT2D eigenvalue weighted by Crippen LogP contribution is 2.46. The quantitative estimate of drug-likeness (QED) is 0.846. The Morgan fingerprint density at radius 2 is 2.00 bits per heavy atom. The molecule has 0 aromatic heterocycles. The molecule has 1 aromatic carbocycles. The van der Waals surface area contributed by atoms with E-state index in [1.54, 1.807) is 0 Å². The van der Waals surface area contributed by atoms with Gasteiger partial charge in [0.25, 0.3) is 0 Å². The summed E-state index contributed by atoms with van der Waals surface area (Å²) in [5.41, 5.74) is 1.43. The van der Waals surface area contributed by atoms with Crippen molar-refractivity contribution in [3.05, 3.63) is 24.3 Å². The van der Waals surface area contributed by atoms with Crippen molar-refractivity contribution >= 4 is 11.5 Å². The molecule has 1 aliphatic carbocycles. The topological polar surface area (TPSA) is 29.5 Å².